The predicted octanol–water partition coefficient (Wildman–Crippen LogP) is 6.67. The van der Waals surface area contributed by atoms with Gasteiger partial charge in [0.25, 0.3) is 0 Å². The van der Waals surface area contributed by atoms with Crippen LogP contribution in [-0.2, 0) is 4.74 Å². The summed E-state index contributed by atoms with van der Waals surface area (Å²) in [7, 11) is 0. The average molecular weight is 495 g/mol. The van der Waals surface area contributed by atoms with Gasteiger partial charge < -0.3 is 4.74 Å². The van der Waals surface area contributed by atoms with E-state index in [1.807, 2.05) is 43.3 Å². The monoisotopic (exact) mass is 493 g/mol. The van der Waals surface area contributed by atoms with Gasteiger partial charge in [0, 0.05) is 26.0 Å². The Hall–Kier alpha value is -3.02. The Morgan fingerprint density at radius 3 is 2.48 bits per heavy atom. The van der Waals surface area contributed by atoms with Crippen molar-refractivity contribution in [2.45, 2.75) is 6.92 Å². The van der Waals surface area contributed by atoms with Crippen molar-refractivity contribution in [2.75, 3.05) is 6.61 Å². The number of carbonyl (C=O) groups excluding carboxylic acids is 2. The van der Waals surface area contributed by atoms with E-state index in [9.17, 15) is 9.59 Å². The highest BCUT2D eigenvalue weighted by molar-refractivity contribution is 9.10. The Kier molecular flexibility index (Phi) is 6.16. The van der Waals surface area contributed by atoms with Crippen LogP contribution in [0.5, 0.6) is 0 Å². The molecule has 0 saturated carbocycles. The molecule has 4 rings (SSSR count). The predicted molar refractivity (Wildman–Crippen MR) is 126 cm³/mol. The number of nitrogens with zero attached hydrogens (tertiary/aromatic N) is 1. The lowest BCUT2D eigenvalue weighted by Crippen LogP contribution is -2.16. The molecule has 4 aromatic rings. The summed E-state index contributed by atoms with van der Waals surface area (Å²) in [6.07, 6.45) is 0. The maximum absolute atomic E-state index is 13.1. The van der Waals surface area contributed by atoms with E-state index in [4.69, 9.17) is 21.3 Å². The van der Waals surface area contributed by atoms with E-state index >= 15 is 0 Å². The quantitative estimate of drug-likeness (QED) is 0.230. The summed E-state index contributed by atoms with van der Waals surface area (Å²) in [5.74, 6) is -0.836. The molecule has 4 nitrogen and oxygen atoms in total. The Morgan fingerprint density at radius 2 is 1.74 bits per heavy atom. The lowest BCUT2D eigenvalue weighted by molar-refractivity contribution is 0.0476. The van der Waals surface area contributed by atoms with E-state index in [-0.39, 0.29) is 12.4 Å². The number of Topliss-reactive ketones (excluding diaryl/α,β-unsaturated/α-hetero) is 1. The van der Waals surface area contributed by atoms with Gasteiger partial charge in [-0.15, -0.1) is 0 Å². The molecule has 0 saturated heterocycles. The fraction of sp³-hybridized carbons (Fsp3) is 0.0800. The third-order valence-corrected chi connectivity index (χ3v) is 5.70. The summed E-state index contributed by atoms with van der Waals surface area (Å²) in [4.78, 5) is 30.3. The number of halogens is 2. The molecule has 0 atom stereocenters. The van der Waals surface area contributed by atoms with Crippen molar-refractivity contribution in [1.82, 2.24) is 4.98 Å². The molecule has 31 heavy (non-hydrogen) atoms. The zero-order valence-corrected chi connectivity index (χ0v) is 18.9. The van der Waals surface area contributed by atoms with E-state index in [1.54, 1.807) is 36.4 Å². The molecular formula is C25H17BrClNO3. The Morgan fingerprint density at radius 1 is 1.00 bits per heavy atom. The van der Waals surface area contributed by atoms with Crippen LogP contribution in [0.15, 0.2) is 77.3 Å². The highest BCUT2D eigenvalue weighted by Crippen LogP contribution is 2.31. The molecule has 0 aliphatic rings. The molecule has 1 heterocycles. The lowest BCUT2D eigenvalue weighted by atomic mass is 9.98. The van der Waals surface area contributed by atoms with Crippen molar-refractivity contribution in [3.05, 3.63) is 99.0 Å². The molecule has 0 radical (unpaired) electrons. The van der Waals surface area contributed by atoms with Gasteiger partial charge in [0.1, 0.15) is 0 Å². The molecule has 0 bridgehead atoms. The second-order valence-corrected chi connectivity index (χ2v) is 8.35. The number of esters is 1. The first kappa shape index (κ1) is 21.2. The number of rotatable bonds is 5. The van der Waals surface area contributed by atoms with E-state index < -0.39 is 5.97 Å². The topological polar surface area (TPSA) is 56.3 Å². The van der Waals surface area contributed by atoms with Crippen LogP contribution in [-0.4, -0.2) is 23.3 Å². The van der Waals surface area contributed by atoms with Crippen LogP contribution in [0.2, 0.25) is 5.02 Å². The van der Waals surface area contributed by atoms with E-state index in [2.05, 4.69) is 15.9 Å². The first-order valence-electron chi connectivity index (χ1n) is 9.55. The number of fused-ring (bicyclic) bond motifs is 1. The standard InChI is InChI=1S/C25H17BrClNO3/c1-15-23(25(30)31-14-22(29)16-9-11-18(26)12-10-16)20-7-2-3-8-21(20)28-24(15)17-5-4-6-19(27)13-17/h2-13H,14H2,1H3. The van der Waals surface area contributed by atoms with Crippen molar-refractivity contribution in [2.24, 2.45) is 0 Å². The first-order chi connectivity index (χ1) is 14.9. The summed E-state index contributed by atoms with van der Waals surface area (Å²) in [6, 6.07) is 21.6. The van der Waals surface area contributed by atoms with Gasteiger partial charge in [-0.05, 0) is 42.8 Å². The third-order valence-electron chi connectivity index (χ3n) is 4.94. The third kappa shape index (κ3) is 4.53. The lowest BCUT2D eigenvalue weighted by Gasteiger charge is -2.14. The number of para-hydroxylation sites is 1. The second kappa shape index (κ2) is 9.00. The minimum absolute atomic E-state index is 0.271. The van der Waals surface area contributed by atoms with Gasteiger partial charge in [0.05, 0.1) is 16.8 Å². The maximum Gasteiger partial charge on any atom is 0.339 e. The number of ketones is 1. The van der Waals surface area contributed by atoms with Crippen LogP contribution < -0.4 is 0 Å². The Bertz CT molecular complexity index is 1300. The van der Waals surface area contributed by atoms with Crippen LogP contribution in [0.4, 0.5) is 0 Å². The summed E-state index contributed by atoms with van der Waals surface area (Å²) >= 11 is 9.50. The SMILES string of the molecule is Cc1c(-c2cccc(Cl)c2)nc2ccccc2c1C(=O)OCC(=O)c1ccc(Br)cc1. The van der Waals surface area contributed by atoms with Crippen molar-refractivity contribution >= 4 is 50.2 Å². The number of aromatic nitrogens is 1. The summed E-state index contributed by atoms with van der Waals surface area (Å²) in [6.45, 7) is 1.48. The number of carbonyl (C=O) groups is 2. The second-order valence-electron chi connectivity index (χ2n) is 6.99. The van der Waals surface area contributed by atoms with Crippen molar-refractivity contribution in [3.8, 4) is 11.3 Å². The molecule has 0 amide bonds. The molecule has 6 heteroatoms. The summed E-state index contributed by atoms with van der Waals surface area (Å²) < 4.78 is 6.29. The number of ether oxygens (including phenoxy) is 1. The molecule has 0 N–H and O–H groups in total. The van der Waals surface area contributed by atoms with Crippen LogP contribution in [0.25, 0.3) is 22.2 Å². The van der Waals surface area contributed by atoms with Crippen molar-refractivity contribution < 1.29 is 14.3 Å². The maximum atomic E-state index is 13.1. The number of hydrogen-bond donors (Lipinski definition) is 0. The van der Waals surface area contributed by atoms with Gasteiger partial charge >= 0.3 is 5.97 Å². The number of benzene rings is 3. The molecule has 0 aliphatic carbocycles. The molecular weight excluding hydrogens is 478 g/mol. The zero-order valence-electron chi connectivity index (χ0n) is 16.6. The van der Waals surface area contributed by atoms with Crippen molar-refractivity contribution in [1.29, 1.82) is 0 Å². The molecule has 0 fully saturated rings. The largest absolute Gasteiger partial charge is 0.454 e. The van der Waals surface area contributed by atoms with E-state index in [0.717, 1.165) is 10.0 Å². The van der Waals surface area contributed by atoms with E-state index in [1.165, 1.54) is 0 Å². The zero-order chi connectivity index (χ0) is 22.0. The summed E-state index contributed by atoms with van der Waals surface area (Å²) in [5, 5.41) is 1.25. The molecule has 3 aromatic carbocycles. The minimum Gasteiger partial charge on any atom is -0.454 e. The van der Waals surface area contributed by atoms with Gasteiger partial charge in [-0.3, -0.25) is 4.79 Å². The van der Waals surface area contributed by atoms with Gasteiger partial charge in [-0.25, -0.2) is 9.78 Å². The van der Waals surface area contributed by atoms with Crippen LogP contribution >= 0.6 is 27.5 Å². The van der Waals surface area contributed by atoms with Gasteiger partial charge in [-0.2, -0.15) is 0 Å². The smallest absolute Gasteiger partial charge is 0.339 e. The molecule has 0 aliphatic heterocycles. The molecule has 1 aromatic heterocycles. The van der Waals surface area contributed by atoms with Gasteiger partial charge in [0.15, 0.2) is 12.4 Å². The highest BCUT2D eigenvalue weighted by Gasteiger charge is 2.21. The Balaban J connectivity index is 1.70. The number of pyridine rings is 1. The van der Waals surface area contributed by atoms with Crippen LogP contribution in [0.1, 0.15) is 26.3 Å². The first-order valence-corrected chi connectivity index (χ1v) is 10.7. The molecule has 0 unspecified atom stereocenters. The highest BCUT2D eigenvalue weighted by atomic mass is 79.9. The molecule has 154 valence electrons. The fourth-order valence-corrected chi connectivity index (χ4v) is 3.86. The van der Waals surface area contributed by atoms with Gasteiger partial charge in [0.2, 0.25) is 0 Å². The molecule has 0 spiro atoms. The van der Waals surface area contributed by atoms with Crippen LogP contribution in [0.3, 0.4) is 0 Å². The Labute approximate surface area is 193 Å². The minimum atomic E-state index is -0.565. The average Bonchev–Trinajstić information content (AvgIpc) is 2.77. The van der Waals surface area contributed by atoms with E-state index in [0.29, 0.717) is 38.3 Å². The van der Waals surface area contributed by atoms with Crippen LogP contribution in [0, 0.1) is 6.92 Å². The number of hydrogen-bond acceptors (Lipinski definition) is 4. The summed E-state index contributed by atoms with van der Waals surface area (Å²) in [5.41, 5.74) is 3.65. The normalized spacial score (nSPS) is 10.8. The van der Waals surface area contributed by atoms with Gasteiger partial charge in [-0.1, -0.05) is 70.0 Å². The van der Waals surface area contributed by atoms with Crippen molar-refractivity contribution in [3.63, 3.8) is 0 Å². The fourth-order valence-electron chi connectivity index (χ4n) is 3.41.